The average Bonchev–Trinajstić information content (AvgIpc) is 3.70. The third kappa shape index (κ3) is 3.83. The first-order valence-corrected chi connectivity index (χ1v) is 14.2. The van der Waals surface area contributed by atoms with Gasteiger partial charge in [0.2, 0.25) is 0 Å². The molecule has 9 aromatic rings. The van der Waals surface area contributed by atoms with Crippen molar-refractivity contribution in [2.45, 2.75) is 0 Å². The summed E-state index contributed by atoms with van der Waals surface area (Å²) in [6.07, 6.45) is 0. The lowest BCUT2D eigenvalue weighted by molar-refractivity contribution is 0.671. The highest BCUT2D eigenvalue weighted by molar-refractivity contribution is 6.21. The number of nitrogens with zero attached hydrogens (tertiary/aromatic N) is 4. The van der Waals surface area contributed by atoms with E-state index in [4.69, 9.17) is 21.2 Å². The van der Waals surface area contributed by atoms with Crippen LogP contribution in [-0.2, 0) is 0 Å². The summed E-state index contributed by atoms with van der Waals surface area (Å²) < 4.78 is 50.6. The molecule has 0 aliphatic rings. The fourth-order valence-corrected chi connectivity index (χ4v) is 5.98. The van der Waals surface area contributed by atoms with Gasteiger partial charge in [0, 0.05) is 43.9 Å². The fourth-order valence-electron chi connectivity index (χ4n) is 5.98. The predicted octanol–water partition coefficient (Wildman–Crippen LogP) is 9.87. The van der Waals surface area contributed by atoms with Gasteiger partial charge in [0.05, 0.1) is 17.9 Å². The van der Waals surface area contributed by atoms with Crippen LogP contribution in [0.4, 0.5) is 0 Å². The van der Waals surface area contributed by atoms with Gasteiger partial charge in [-0.1, -0.05) is 115 Å². The number of fused-ring (bicyclic) bond motifs is 7. The van der Waals surface area contributed by atoms with Gasteiger partial charge in [-0.3, -0.25) is 0 Å². The van der Waals surface area contributed by atoms with Gasteiger partial charge in [0.1, 0.15) is 5.58 Å². The summed E-state index contributed by atoms with van der Waals surface area (Å²) in [7, 11) is 0. The molecule has 0 unspecified atom stereocenters. The Hall–Kier alpha value is -6.07. The summed E-state index contributed by atoms with van der Waals surface area (Å²) in [6.45, 7) is 0. The second kappa shape index (κ2) is 9.75. The van der Waals surface area contributed by atoms with E-state index in [9.17, 15) is 0 Å². The molecule has 0 fully saturated rings. The molecule has 6 aromatic carbocycles. The lowest BCUT2D eigenvalue weighted by atomic mass is 10.1. The van der Waals surface area contributed by atoms with Crippen molar-refractivity contribution in [2.75, 3.05) is 0 Å². The van der Waals surface area contributed by atoms with E-state index in [1.807, 2.05) is 84.9 Å². The molecule has 0 bridgehead atoms. The van der Waals surface area contributed by atoms with Crippen LogP contribution in [0.5, 0.6) is 0 Å². The van der Waals surface area contributed by atoms with Gasteiger partial charge >= 0.3 is 0 Å². The maximum Gasteiger partial charge on any atom is 0.164 e. The van der Waals surface area contributed by atoms with Crippen molar-refractivity contribution < 1.29 is 11.3 Å². The second-order valence-corrected chi connectivity index (χ2v) is 10.5. The largest absolute Gasteiger partial charge is 0.454 e. The molecule has 3 aromatic heterocycles. The van der Waals surface area contributed by atoms with Crippen LogP contribution >= 0.6 is 0 Å². The molecule has 0 saturated heterocycles. The van der Waals surface area contributed by atoms with Crippen LogP contribution < -0.4 is 0 Å². The first kappa shape index (κ1) is 19.9. The van der Waals surface area contributed by atoms with Crippen LogP contribution in [0.3, 0.4) is 0 Å². The van der Waals surface area contributed by atoms with E-state index in [0.717, 1.165) is 49.4 Å². The van der Waals surface area contributed by atoms with Crippen LogP contribution in [0.2, 0.25) is 0 Å². The fraction of sp³-hybridized carbons (Fsp3) is 0. The number of para-hydroxylation sites is 2. The lowest BCUT2D eigenvalue weighted by Crippen LogP contribution is -2.01. The first-order chi connectivity index (χ1) is 23.9. The Morgan fingerprint density at radius 2 is 1.18 bits per heavy atom. The van der Waals surface area contributed by atoms with Crippen LogP contribution in [0, 0.1) is 0 Å². The first-order valence-electron chi connectivity index (χ1n) is 16.7. The molecule has 0 spiro atoms. The molecular weight excluding hydrogens is 540 g/mol. The number of furan rings is 1. The minimum absolute atomic E-state index is 0.00731. The van der Waals surface area contributed by atoms with E-state index in [1.54, 1.807) is 0 Å². The van der Waals surface area contributed by atoms with Crippen molar-refractivity contribution in [3.63, 3.8) is 0 Å². The van der Waals surface area contributed by atoms with Gasteiger partial charge in [-0.2, -0.15) is 0 Å². The highest BCUT2D eigenvalue weighted by Crippen LogP contribution is 2.40. The topological polar surface area (TPSA) is 56.7 Å². The van der Waals surface area contributed by atoms with Crippen molar-refractivity contribution in [3.8, 4) is 39.9 Å². The predicted molar refractivity (Wildman–Crippen MR) is 178 cm³/mol. The van der Waals surface area contributed by atoms with Gasteiger partial charge in [-0.15, -0.1) is 0 Å². The molecule has 5 nitrogen and oxygen atoms in total. The highest BCUT2D eigenvalue weighted by Gasteiger charge is 2.19. The van der Waals surface area contributed by atoms with Crippen molar-refractivity contribution in [1.82, 2.24) is 19.5 Å². The average molecular weight is 570 g/mol. The Labute approximate surface area is 259 Å². The molecule has 0 amide bonds. The van der Waals surface area contributed by atoms with E-state index >= 15 is 0 Å². The normalized spacial score (nSPS) is 13.2. The summed E-state index contributed by atoms with van der Waals surface area (Å²) in [5, 5.41) is 4.21. The van der Waals surface area contributed by atoms with Gasteiger partial charge in [0.25, 0.3) is 0 Å². The van der Waals surface area contributed by atoms with E-state index in [1.165, 1.54) is 0 Å². The highest BCUT2D eigenvalue weighted by atomic mass is 16.3. The Kier molecular flexibility index (Phi) is 4.42. The molecule has 0 aliphatic heterocycles. The third-order valence-corrected chi connectivity index (χ3v) is 7.93. The van der Waals surface area contributed by atoms with Crippen molar-refractivity contribution in [1.29, 1.82) is 0 Å². The molecule has 206 valence electrons. The summed E-state index contributed by atoms with van der Waals surface area (Å²) >= 11 is 0. The summed E-state index contributed by atoms with van der Waals surface area (Å²) in [6, 6.07) is 35.6. The van der Waals surface area contributed by atoms with Gasteiger partial charge in [-0.25, -0.2) is 15.0 Å². The van der Waals surface area contributed by atoms with Crippen molar-refractivity contribution >= 4 is 43.7 Å². The van der Waals surface area contributed by atoms with Gasteiger partial charge < -0.3 is 8.98 Å². The molecule has 0 N–H and O–H groups in total. The van der Waals surface area contributed by atoms with Gasteiger partial charge in [0.15, 0.2) is 23.1 Å². The van der Waals surface area contributed by atoms with Crippen LogP contribution in [0.25, 0.3) is 83.6 Å². The zero-order chi connectivity index (χ0) is 33.4. The zero-order valence-corrected chi connectivity index (χ0v) is 23.2. The number of rotatable bonds is 4. The van der Waals surface area contributed by atoms with Crippen molar-refractivity contribution in [3.05, 3.63) is 145 Å². The van der Waals surface area contributed by atoms with E-state index < -0.39 is 18.1 Å². The molecule has 0 aliphatic carbocycles. The third-order valence-electron chi connectivity index (χ3n) is 7.93. The van der Waals surface area contributed by atoms with Crippen LogP contribution in [0.1, 0.15) is 6.85 Å². The van der Waals surface area contributed by atoms with E-state index in [0.29, 0.717) is 22.8 Å². The Bertz CT molecular complexity index is 2760. The Morgan fingerprint density at radius 1 is 0.523 bits per heavy atom. The SMILES string of the molecule is [2H]c1c([2H])c([2H])c(-c2nc(-c3ccccc3)nc(-c3cccc(-n4c5ccccc5c5ccc6c7ccccc7oc6c54)c3)n2)c([2H])c1[2H]. The standard InChI is InChI=1S/C39H24N4O/c1-3-12-25(13-4-1)37-40-38(26-14-5-2-6-15-26)42-39(41-37)27-16-11-17-28(24-27)43-33-20-9-7-18-29(33)31-22-23-32-30-19-8-10-21-34(30)44-36(32)35(31)43/h1-24H/i1D,3D,4D,12D,13D. The van der Waals surface area contributed by atoms with Crippen molar-refractivity contribution in [2.24, 2.45) is 0 Å². The van der Waals surface area contributed by atoms with Crippen LogP contribution in [-0.4, -0.2) is 19.5 Å². The molecule has 9 rings (SSSR count). The lowest BCUT2D eigenvalue weighted by Gasteiger charge is -2.11. The molecule has 0 radical (unpaired) electrons. The molecule has 44 heavy (non-hydrogen) atoms. The molecule has 0 saturated carbocycles. The van der Waals surface area contributed by atoms with E-state index in [-0.39, 0.29) is 23.5 Å². The molecule has 0 atom stereocenters. The molecule has 5 heteroatoms. The van der Waals surface area contributed by atoms with Gasteiger partial charge in [-0.05, 0) is 30.3 Å². The number of aromatic nitrogens is 4. The maximum atomic E-state index is 8.63. The summed E-state index contributed by atoms with van der Waals surface area (Å²) in [5.41, 5.74) is 5.67. The summed E-state index contributed by atoms with van der Waals surface area (Å²) in [5.74, 6) is 0.609. The summed E-state index contributed by atoms with van der Waals surface area (Å²) in [4.78, 5) is 14.2. The Morgan fingerprint density at radius 3 is 2.02 bits per heavy atom. The maximum absolute atomic E-state index is 8.63. The quantitative estimate of drug-likeness (QED) is 0.212. The number of hydrogen-bond acceptors (Lipinski definition) is 4. The molecule has 3 heterocycles. The number of benzene rings is 6. The smallest absolute Gasteiger partial charge is 0.164 e. The second-order valence-electron chi connectivity index (χ2n) is 10.5. The number of hydrogen-bond donors (Lipinski definition) is 0. The minimum atomic E-state index is -0.478. The monoisotopic (exact) mass is 569 g/mol. The van der Waals surface area contributed by atoms with Crippen LogP contribution in [0.15, 0.2) is 150 Å². The minimum Gasteiger partial charge on any atom is -0.454 e. The molecular formula is C39H24N4O. The zero-order valence-electron chi connectivity index (χ0n) is 28.2. The van der Waals surface area contributed by atoms with E-state index in [2.05, 4.69) is 39.9 Å². The Balaban J connectivity index is 1.31.